The number of rotatable bonds is 3. The van der Waals surface area contributed by atoms with Crippen molar-refractivity contribution in [1.82, 2.24) is 4.90 Å². The number of halogens is 3. The molecule has 1 saturated heterocycles. The van der Waals surface area contributed by atoms with Crippen molar-refractivity contribution < 1.29 is 22.8 Å². The van der Waals surface area contributed by atoms with E-state index < -0.39 is 40.7 Å². The normalized spacial score (nSPS) is 19.0. The molecule has 1 fully saturated rings. The SMILES string of the molecule is NC(=O)C1CC(=O)N(Cc2c(F)cc(F)cc2F)C1. The van der Waals surface area contributed by atoms with Crippen LogP contribution in [0.1, 0.15) is 12.0 Å². The summed E-state index contributed by atoms with van der Waals surface area (Å²) in [6.45, 7) is -0.328. The molecule has 1 atom stereocenters. The van der Waals surface area contributed by atoms with E-state index in [1.54, 1.807) is 0 Å². The Morgan fingerprint density at radius 3 is 2.37 bits per heavy atom. The van der Waals surface area contributed by atoms with Crippen LogP contribution in [0.5, 0.6) is 0 Å². The Labute approximate surface area is 107 Å². The number of amides is 2. The Morgan fingerprint density at radius 2 is 1.89 bits per heavy atom. The van der Waals surface area contributed by atoms with Crippen LogP contribution in [0.25, 0.3) is 0 Å². The van der Waals surface area contributed by atoms with Crippen LogP contribution in [0.3, 0.4) is 0 Å². The van der Waals surface area contributed by atoms with E-state index >= 15 is 0 Å². The minimum atomic E-state index is -1.06. The molecule has 102 valence electrons. The second kappa shape index (κ2) is 4.91. The summed E-state index contributed by atoms with van der Waals surface area (Å²) in [5.74, 6) is -4.84. The summed E-state index contributed by atoms with van der Waals surface area (Å²) in [6.07, 6.45) is -0.0697. The quantitative estimate of drug-likeness (QED) is 0.890. The number of carbonyl (C=O) groups excluding carboxylic acids is 2. The van der Waals surface area contributed by atoms with Crippen LogP contribution in [-0.2, 0) is 16.1 Å². The third kappa shape index (κ3) is 2.69. The van der Waals surface area contributed by atoms with Crippen LogP contribution in [0, 0.1) is 23.4 Å². The first-order chi connectivity index (χ1) is 8.88. The maximum Gasteiger partial charge on any atom is 0.223 e. The molecule has 2 amide bonds. The van der Waals surface area contributed by atoms with Crippen LogP contribution in [0.15, 0.2) is 12.1 Å². The van der Waals surface area contributed by atoms with Gasteiger partial charge in [-0.05, 0) is 0 Å². The zero-order chi connectivity index (χ0) is 14.2. The maximum absolute atomic E-state index is 13.4. The summed E-state index contributed by atoms with van der Waals surface area (Å²) >= 11 is 0. The van der Waals surface area contributed by atoms with Crippen LogP contribution >= 0.6 is 0 Å². The van der Waals surface area contributed by atoms with Gasteiger partial charge in [0.15, 0.2) is 0 Å². The van der Waals surface area contributed by atoms with Gasteiger partial charge in [0.25, 0.3) is 0 Å². The predicted molar refractivity (Wildman–Crippen MR) is 59.0 cm³/mol. The number of benzene rings is 1. The Bertz CT molecular complexity index is 525. The number of hydrogen-bond donors (Lipinski definition) is 1. The van der Waals surface area contributed by atoms with E-state index in [1.807, 2.05) is 0 Å². The molecule has 1 aliphatic heterocycles. The van der Waals surface area contributed by atoms with Crippen molar-refractivity contribution in [1.29, 1.82) is 0 Å². The van der Waals surface area contributed by atoms with Crippen molar-refractivity contribution in [2.75, 3.05) is 6.54 Å². The summed E-state index contributed by atoms with van der Waals surface area (Å²) in [4.78, 5) is 23.7. The fourth-order valence-corrected chi connectivity index (χ4v) is 2.03. The van der Waals surface area contributed by atoms with Crippen molar-refractivity contribution in [2.24, 2.45) is 11.7 Å². The molecule has 19 heavy (non-hydrogen) atoms. The Hall–Kier alpha value is -2.05. The smallest absolute Gasteiger partial charge is 0.223 e. The van der Waals surface area contributed by atoms with E-state index in [-0.39, 0.29) is 19.5 Å². The number of likely N-dealkylation sites (tertiary alicyclic amines) is 1. The molecule has 2 N–H and O–H groups in total. The van der Waals surface area contributed by atoms with Crippen LogP contribution in [0.2, 0.25) is 0 Å². The van der Waals surface area contributed by atoms with Gasteiger partial charge in [-0.25, -0.2) is 13.2 Å². The van der Waals surface area contributed by atoms with Crippen molar-refractivity contribution in [3.63, 3.8) is 0 Å². The molecule has 0 saturated carbocycles. The number of hydrogen-bond acceptors (Lipinski definition) is 2. The fraction of sp³-hybridized carbons (Fsp3) is 0.333. The Morgan fingerprint density at radius 1 is 1.32 bits per heavy atom. The molecule has 0 bridgehead atoms. The largest absolute Gasteiger partial charge is 0.369 e. The van der Waals surface area contributed by atoms with Crippen molar-refractivity contribution >= 4 is 11.8 Å². The van der Waals surface area contributed by atoms with E-state index in [4.69, 9.17) is 5.73 Å². The molecule has 1 unspecified atom stereocenters. The van der Waals surface area contributed by atoms with E-state index in [2.05, 4.69) is 0 Å². The lowest BCUT2D eigenvalue weighted by molar-refractivity contribution is -0.128. The fourth-order valence-electron chi connectivity index (χ4n) is 2.03. The van der Waals surface area contributed by atoms with Crippen LogP contribution < -0.4 is 5.73 Å². The van der Waals surface area contributed by atoms with E-state index in [0.29, 0.717) is 12.1 Å². The predicted octanol–water partition coefficient (Wildman–Crippen LogP) is 0.938. The van der Waals surface area contributed by atoms with Gasteiger partial charge in [0.2, 0.25) is 11.8 Å². The molecule has 2 rings (SSSR count). The Kier molecular flexibility index (Phi) is 3.46. The van der Waals surface area contributed by atoms with Gasteiger partial charge in [0, 0.05) is 30.7 Å². The molecule has 0 radical (unpaired) electrons. The highest BCUT2D eigenvalue weighted by molar-refractivity contribution is 5.88. The lowest BCUT2D eigenvalue weighted by Crippen LogP contribution is -2.29. The van der Waals surface area contributed by atoms with Gasteiger partial charge in [0.1, 0.15) is 17.5 Å². The minimum Gasteiger partial charge on any atom is -0.369 e. The molecule has 1 aromatic carbocycles. The van der Waals surface area contributed by atoms with Crippen LogP contribution in [-0.4, -0.2) is 23.3 Å². The zero-order valence-electron chi connectivity index (χ0n) is 9.83. The standard InChI is InChI=1S/C12H11F3N2O2/c13-7-2-9(14)8(10(15)3-7)5-17-4-6(12(16)19)1-11(17)18/h2-3,6H,1,4-5H2,(H2,16,19). The van der Waals surface area contributed by atoms with E-state index in [1.165, 1.54) is 0 Å². The third-order valence-electron chi connectivity index (χ3n) is 3.07. The summed E-state index contributed by atoms with van der Waals surface area (Å²) in [5.41, 5.74) is 4.68. The highest BCUT2D eigenvalue weighted by Gasteiger charge is 2.33. The topological polar surface area (TPSA) is 63.4 Å². The zero-order valence-corrected chi connectivity index (χ0v) is 9.83. The second-order valence-electron chi connectivity index (χ2n) is 4.43. The number of carbonyl (C=O) groups is 2. The van der Waals surface area contributed by atoms with E-state index in [9.17, 15) is 22.8 Å². The molecule has 1 aromatic rings. The van der Waals surface area contributed by atoms with Crippen molar-refractivity contribution in [3.05, 3.63) is 35.1 Å². The average Bonchev–Trinajstić information content (AvgIpc) is 2.65. The van der Waals surface area contributed by atoms with Gasteiger partial charge in [-0.3, -0.25) is 9.59 Å². The molecule has 0 aliphatic carbocycles. The van der Waals surface area contributed by atoms with Gasteiger partial charge >= 0.3 is 0 Å². The highest BCUT2D eigenvalue weighted by Crippen LogP contribution is 2.23. The van der Waals surface area contributed by atoms with Crippen molar-refractivity contribution in [3.8, 4) is 0 Å². The number of primary amides is 1. The molecule has 7 heteroatoms. The first-order valence-corrected chi connectivity index (χ1v) is 5.59. The van der Waals surface area contributed by atoms with Gasteiger partial charge in [-0.2, -0.15) is 0 Å². The second-order valence-corrected chi connectivity index (χ2v) is 4.43. The Balaban J connectivity index is 2.19. The lowest BCUT2D eigenvalue weighted by Gasteiger charge is -2.17. The summed E-state index contributed by atoms with van der Waals surface area (Å²) in [6, 6.07) is 1.09. The summed E-state index contributed by atoms with van der Waals surface area (Å²) < 4.78 is 39.6. The summed E-state index contributed by atoms with van der Waals surface area (Å²) in [7, 11) is 0. The lowest BCUT2D eigenvalue weighted by atomic mass is 10.1. The molecule has 0 aromatic heterocycles. The maximum atomic E-state index is 13.4. The molecule has 1 heterocycles. The highest BCUT2D eigenvalue weighted by atomic mass is 19.1. The monoisotopic (exact) mass is 272 g/mol. The van der Waals surface area contributed by atoms with Gasteiger partial charge in [-0.15, -0.1) is 0 Å². The average molecular weight is 272 g/mol. The van der Waals surface area contributed by atoms with Crippen LogP contribution in [0.4, 0.5) is 13.2 Å². The third-order valence-corrected chi connectivity index (χ3v) is 3.07. The van der Waals surface area contributed by atoms with Gasteiger partial charge in [-0.1, -0.05) is 0 Å². The first-order valence-electron chi connectivity index (χ1n) is 5.59. The van der Waals surface area contributed by atoms with Gasteiger partial charge in [0.05, 0.1) is 12.5 Å². The van der Waals surface area contributed by atoms with E-state index in [0.717, 1.165) is 4.90 Å². The van der Waals surface area contributed by atoms with Crippen molar-refractivity contribution in [2.45, 2.75) is 13.0 Å². The first kappa shape index (κ1) is 13.4. The molecule has 1 aliphatic rings. The molecular formula is C12H11F3N2O2. The molecular weight excluding hydrogens is 261 g/mol. The molecule has 4 nitrogen and oxygen atoms in total. The molecule has 0 spiro atoms. The van der Waals surface area contributed by atoms with Gasteiger partial charge < -0.3 is 10.6 Å². The minimum absolute atomic E-state index is 0.0183. The number of nitrogens with zero attached hydrogens (tertiary/aromatic N) is 1. The summed E-state index contributed by atoms with van der Waals surface area (Å²) in [5, 5.41) is 0. The number of nitrogens with two attached hydrogens (primary N) is 1.